The van der Waals surface area contributed by atoms with Gasteiger partial charge in [-0.25, -0.2) is 0 Å². The highest BCUT2D eigenvalue weighted by molar-refractivity contribution is 7.26. The molecule has 0 radical (unpaired) electrons. The zero-order chi connectivity index (χ0) is 20.2. The Balaban J connectivity index is 1.73. The van der Waals surface area contributed by atoms with Crippen molar-refractivity contribution in [3.8, 4) is 0 Å². The molecule has 30 heavy (non-hydrogen) atoms. The monoisotopic (exact) mass is 401 g/mol. The lowest BCUT2D eigenvalue weighted by Crippen LogP contribution is -1.80. The summed E-state index contributed by atoms with van der Waals surface area (Å²) in [6.07, 6.45) is 5.69. The number of hydrogen-bond donors (Lipinski definition) is 1. The zero-order valence-corrected chi connectivity index (χ0v) is 17.2. The minimum absolute atomic E-state index is 1.08. The van der Waals surface area contributed by atoms with Crippen LogP contribution in [0.5, 0.6) is 0 Å². The number of H-pyrrole nitrogens is 1. The smallest absolute Gasteiger partial charge is 0.0471 e. The Bertz CT molecular complexity index is 1670. The summed E-state index contributed by atoms with van der Waals surface area (Å²) in [7, 11) is 0. The standard InChI is InChI=1S/C28H19NS/c1-3-7-17(4-2)18-10-12-24-22(14-18)23-16-21-19(15-25(23)29-24)11-13-27-28(21)20-8-5-6-9-26(20)30-27/h3-16,29H,1-2H2/b17-7+. The van der Waals surface area contributed by atoms with E-state index in [9.17, 15) is 0 Å². The Morgan fingerprint density at radius 1 is 0.767 bits per heavy atom. The molecule has 0 amide bonds. The molecule has 1 nitrogen and oxygen atoms in total. The number of benzene rings is 4. The molecule has 4 aromatic carbocycles. The largest absolute Gasteiger partial charge is 0.354 e. The quantitative estimate of drug-likeness (QED) is 0.286. The van der Waals surface area contributed by atoms with Crippen molar-refractivity contribution < 1.29 is 0 Å². The van der Waals surface area contributed by atoms with Gasteiger partial charge in [-0.2, -0.15) is 0 Å². The summed E-state index contributed by atoms with van der Waals surface area (Å²) >= 11 is 1.87. The third kappa shape index (κ3) is 2.41. The number of nitrogens with one attached hydrogen (secondary N) is 1. The van der Waals surface area contributed by atoms with Crippen molar-refractivity contribution in [2.45, 2.75) is 0 Å². The normalized spacial score (nSPS) is 12.5. The van der Waals surface area contributed by atoms with Crippen LogP contribution < -0.4 is 0 Å². The van der Waals surface area contributed by atoms with E-state index >= 15 is 0 Å². The molecule has 1 N–H and O–H groups in total. The van der Waals surface area contributed by atoms with Gasteiger partial charge in [0.1, 0.15) is 0 Å². The van der Waals surface area contributed by atoms with Crippen molar-refractivity contribution in [1.29, 1.82) is 0 Å². The first-order chi connectivity index (χ1) is 14.8. The fraction of sp³-hybridized carbons (Fsp3) is 0. The maximum atomic E-state index is 3.96. The van der Waals surface area contributed by atoms with Gasteiger partial charge < -0.3 is 4.98 Å². The molecule has 0 atom stereocenters. The highest BCUT2D eigenvalue weighted by Crippen LogP contribution is 2.40. The second-order valence-electron chi connectivity index (χ2n) is 7.60. The van der Waals surface area contributed by atoms with E-state index in [1.807, 2.05) is 29.6 Å². The van der Waals surface area contributed by atoms with E-state index in [0.717, 1.165) is 16.7 Å². The number of thiophene rings is 1. The number of fused-ring (bicyclic) bond motifs is 8. The lowest BCUT2D eigenvalue weighted by molar-refractivity contribution is 1.55. The first kappa shape index (κ1) is 17.3. The Hall–Kier alpha value is -3.62. The van der Waals surface area contributed by atoms with Crippen molar-refractivity contribution in [2.75, 3.05) is 0 Å². The SMILES string of the molecule is C=C/C=C(\C=C)c1ccc2[nH]c3cc4ccc5sc6ccccc6c5c4cc3c2c1. The Morgan fingerprint density at radius 2 is 1.63 bits per heavy atom. The molecular weight excluding hydrogens is 382 g/mol. The van der Waals surface area contributed by atoms with Gasteiger partial charge in [-0.15, -0.1) is 11.3 Å². The molecule has 6 aromatic rings. The van der Waals surface area contributed by atoms with E-state index in [1.54, 1.807) is 0 Å². The average Bonchev–Trinajstić information content (AvgIpc) is 3.33. The van der Waals surface area contributed by atoms with Crippen LogP contribution in [0.1, 0.15) is 5.56 Å². The number of aromatic amines is 1. The molecule has 142 valence electrons. The summed E-state index contributed by atoms with van der Waals surface area (Å²) < 4.78 is 2.68. The van der Waals surface area contributed by atoms with Crippen LogP contribution in [-0.2, 0) is 0 Å². The van der Waals surface area contributed by atoms with Crippen molar-refractivity contribution in [1.82, 2.24) is 4.98 Å². The van der Waals surface area contributed by atoms with Crippen LogP contribution in [0.25, 0.3) is 58.3 Å². The molecule has 0 bridgehead atoms. The molecule has 0 saturated heterocycles. The van der Waals surface area contributed by atoms with Gasteiger partial charge in [0.2, 0.25) is 0 Å². The van der Waals surface area contributed by atoms with Crippen LogP contribution in [0.2, 0.25) is 0 Å². The van der Waals surface area contributed by atoms with Crippen LogP contribution >= 0.6 is 11.3 Å². The molecule has 0 aliphatic heterocycles. The topological polar surface area (TPSA) is 15.8 Å². The van der Waals surface area contributed by atoms with Crippen molar-refractivity contribution in [2.24, 2.45) is 0 Å². The van der Waals surface area contributed by atoms with Gasteiger partial charge in [-0.1, -0.05) is 61.7 Å². The minimum atomic E-state index is 1.08. The fourth-order valence-electron chi connectivity index (χ4n) is 4.53. The summed E-state index contributed by atoms with van der Waals surface area (Å²) in [5, 5.41) is 7.77. The summed E-state index contributed by atoms with van der Waals surface area (Å²) in [6.45, 7) is 7.79. The molecular formula is C28H19NS. The third-order valence-corrected chi connectivity index (χ3v) is 7.06. The maximum absolute atomic E-state index is 3.96. The van der Waals surface area contributed by atoms with E-state index in [-0.39, 0.29) is 0 Å². The van der Waals surface area contributed by atoms with Gasteiger partial charge >= 0.3 is 0 Å². The lowest BCUT2D eigenvalue weighted by Gasteiger charge is -2.04. The summed E-state index contributed by atoms with van der Waals surface area (Å²) in [4.78, 5) is 3.60. The minimum Gasteiger partial charge on any atom is -0.354 e. The maximum Gasteiger partial charge on any atom is 0.0471 e. The highest BCUT2D eigenvalue weighted by Gasteiger charge is 2.12. The van der Waals surface area contributed by atoms with Gasteiger partial charge in [-0.05, 0) is 58.3 Å². The van der Waals surface area contributed by atoms with Crippen LogP contribution in [0.15, 0.2) is 98.1 Å². The Kier molecular flexibility index (Phi) is 3.71. The number of aromatic nitrogens is 1. The second-order valence-corrected chi connectivity index (χ2v) is 8.69. The van der Waals surface area contributed by atoms with Crippen LogP contribution in [0.3, 0.4) is 0 Å². The van der Waals surface area contributed by atoms with Gasteiger partial charge in [0, 0.05) is 42.0 Å². The number of rotatable bonds is 3. The number of allylic oxidation sites excluding steroid dienone is 4. The molecule has 0 unspecified atom stereocenters. The molecule has 0 fully saturated rings. The van der Waals surface area contributed by atoms with E-state index < -0.39 is 0 Å². The summed E-state index contributed by atoms with van der Waals surface area (Å²) in [5.41, 5.74) is 4.55. The van der Waals surface area contributed by atoms with Gasteiger partial charge in [0.15, 0.2) is 0 Å². The molecule has 0 aliphatic carbocycles. The average molecular weight is 402 g/mol. The van der Waals surface area contributed by atoms with E-state index in [0.29, 0.717) is 0 Å². The number of hydrogen-bond acceptors (Lipinski definition) is 1. The predicted octanol–water partition coefficient (Wildman–Crippen LogP) is 8.60. The lowest BCUT2D eigenvalue weighted by atomic mass is 9.99. The van der Waals surface area contributed by atoms with E-state index in [2.05, 4.69) is 84.9 Å². The van der Waals surface area contributed by atoms with Gasteiger partial charge in [0.05, 0.1) is 0 Å². The fourth-order valence-corrected chi connectivity index (χ4v) is 5.65. The van der Waals surface area contributed by atoms with Crippen LogP contribution in [0, 0.1) is 0 Å². The second kappa shape index (κ2) is 6.45. The van der Waals surface area contributed by atoms with Crippen molar-refractivity contribution >= 4 is 69.7 Å². The van der Waals surface area contributed by atoms with Crippen molar-refractivity contribution in [3.05, 3.63) is 104 Å². The highest BCUT2D eigenvalue weighted by atomic mass is 32.1. The third-order valence-electron chi connectivity index (χ3n) is 5.93. The van der Waals surface area contributed by atoms with Gasteiger partial charge in [-0.3, -0.25) is 0 Å². The summed E-state index contributed by atoms with van der Waals surface area (Å²) in [6, 6.07) is 24.4. The Labute approximate surface area is 178 Å². The molecule has 2 heteroatoms. The zero-order valence-electron chi connectivity index (χ0n) is 16.4. The van der Waals surface area contributed by atoms with Gasteiger partial charge in [0.25, 0.3) is 0 Å². The first-order valence-electron chi connectivity index (χ1n) is 10.0. The van der Waals surface area contributed by atoms with Crippen molar-refractivity contribution in [3.63, 3.8) is 0 Å². The first-order valence-corrected chi connectivity index (χ1v) is 10.8. The van der Waals surface area contributed by atoms with Crippen LogP contribution in [-0.4, -0.2) is 4.98 Å². The molecule has 6 rings (SSSR count). The predicted molar refractivity (Wildman–Crippen MR) is 135 cm³/mol. The molecule has 0 saturated carbocycles. The molecule has 0 aliphatic rings. The molecule has 2 aromatic heterocycles. The molecule has 0 spiro atoms. The Morgan fingerprint density at radius 3 is 2.50 bits per heavy atom. The van der Waals surface area contributed by atoms with Crippen LogP contribution in [0.4, 0.5) is 0 Å². The van der Waals surface area contributed by atoms with E-state index in [4.69, 9.17) is 0 Å². The summed E-state index contributed by atoms with van der Waals surface area (Å²) in [5.74, 6) is 0. The molecule has 2 heterocycles. The van der Waals surface area contributed by atoms with E-state index in [1.165, 1.54) is 47.2 Å².